The number of benzene rings is 1. The Morgan fingerprint density at radius 1 is 1.47 bits per heavy atom. The van der Waals surface area contributed by atoms with Crippen molar-refractivity contribution in [2.24, 2.45) is 0 Å². The van der Waals surface area contributed by atoms with E-state index in [-0.39, 0.29) is 11.9 Å². The van der Waals surface area contributed by atoms with Gasteiger partial charge in [0.25, 0.3) is 0 Å². The van der Waals surface area contributed by atoms with Gasteiger partial charge in [-0.05, 0) is 43.4 Å². The molecule has 19 heavy (non-hydrogen) atoms. The molecule has 2 aliphatic rings. The number of nitrogens with two attached hydrogens (primary N) is 1. The molecule has 1 heterocycles. The molecule has 1 fully saturated rings. The summed E-state index contributed by atoms with van der Waals surface area (Å²) in [5.74, 6) is 0.162. The van der Waals surface area contributed by atoms with Crippen molar-refractivity contribution in [3.63, 3.8) is 0 Å². The topological polar surface area (TPSA) is 58.4 Å². The summed E-state index contributed by atoms with van der Waals surface area (Å²) in [6.45, 7) is 3.72. The highest BCUT2D eigenvalue weighted by Gasteiger charge is 2.30. The highest BCUT2D eigenvalue weighted by molar-refractivity contribution is 5.82. The van der Waals surface area contributed by atoms with Crippen molar-refractivity contribution in [2.75, 3.05) is 12.3 Å². The maximum absolute atomic E-state index is 12.1. The van der Waals surface area contributed by atoms with Crippen molar-refractivity contribution in [1.29, 1.82) is 0 Å². The Morgan fingerprint density at radius 2 is 2.26 bits per heavy atom. The molecular weight excluding hydrogens is 238 g/mol. The van der Waals surface area contributed by atoms with Crippen LogP contribution in [0, 0.1) is 0 Å². The molecule has 4 nitrogen and oxygen atoms in total. The molecule has 1 aliphatic carbocycles. The van der Waals surface area contributed by atoms with Crippen LogP contribution in [0.25, 0.3) is 0 Å². The number of carbonyl (C=O) groups is 1. The third kappa shape index (κ3) is 2.59. The largest absolute Gasteiger partial charge is 0.398 e. The number of hydrogen-bond acceptors (Lipinski definition) is 3. The summed E-state index contributed by atoms with van der Waals surface area (Å²) in [7, 11) is 0. The lowest BCUT2D eigenvalue weighted by atomic mass is 9.97. The number of amides is 1. The average Bonchev–Trinajstić information content (AvgIpc) is 3.21. The third-order valence-electron chi connectivity index (χ3n) is 4.18. The van der Waals surface area contributed by atoms with Gasteiger partial charge >= 0.3 is 0 Å². The zero-order valence-corrected chi connectivity index (χ0v) is 11.4. The molecular formula is C15H21N3O. The predicted molar refractivity (Wildman–Crippen MR) is 75.6 cm³/mol. The molecule has 1 unspecified atom stereocenters. The number of rotatable bonds is 3. The molecule has 4 heteroatoms. The summed E-state index contributed by atoms with van der Waals surface area (Å²) < 4.78 is 0. The fraction of sp³-hybridized carbons (Fsp3) is 0.533. The molecule has 0 bridgehead atoms. The monoisotopic (exact) mass is 259 g/mol. The van der Waals surface area contributed by atoms with Gasteiger partial charge in [-0.2, -0.15) is 0 Å². The number of nitrogens with one attached hydrogen (secondary N) is 1. The minimum absolute atomic E-state index is 0.0600. The highest BCUT2D eigenvalue weighted by Crippen LogP contribution is 2.25. The van der Waals surface area contributed by atoms with Gasteiger partial charge < -0.3 is 11.1 Å². The van der Waals surface area contributed by atoms with Crippen LogP contribution in [0.1, 0.15) is 30.9 Å². The second kappa shape index (κ2) is 4.85. The van der Waals surface area contributed by atoms with Gasteiger partial charge in [-0.1, -0.05) is 12.1 Å². The Balaban J connectivity index is 1.68. The second-order valence-corrected chi connectivity index (χ2v) is 5.66. The quantitative estimate of drug-likeness (QED) is 0.804. The zero-order valence-electron chi connectivity index (χ0n) is 11.4. The lowest BCUT2D eigenvalue weighted by Gasteiger charge is -2.33. The fourth-order valence-corrected chi connectivity index (χ4v) is 2.71. The molecule has 0 saturated heterocycles. The molecule has 102 valence electrons. The first-order chi connectivity index (χ1) is 9.15. The van der Waals surface area contributed by atoms with E-state index in [2.05, 4.69) is 16.3 Å². The Kier molecular flexibility index (Phi) is 3.19. The number of hydrogen-bond donors (Lipinski definition) is 2. The summed E-state index contributed by atoms with van der Waals surface area (Å²) >= 11 is 0. The van der Waals surface area contributed by atoms with E-state index in [9.17, 15) is 4.79 Å². The van der Waals surface area contributed by atoms with Crippen LogP contribution in [0.4, 0.5) is 5.69 Å². The number of anilines is 1. The van der Waals surface area contributed by atoms with Crippen LogP contribution in [-0.4, -0.2) is 29.4 Å². The summed E-state index contributed by atoms with van der Waals surface area (Å²) in [6, 6.07) is 6.44. The zero-order chi connectivity index (χ0) is 13.4. The summed E-state index contributed by atoms with van der Waals surface area (Å²) in [5.41, 5.74) is 9.40. The van der Waals surface area contributed by atoms with Crippen LogP contribution in [-0.2, 0) is 17.8 Å². The van der Waals surface area contributed by atoms with Crippen LogP contribution in [0.2, 0.25) is 0 Å². The Bertz CT molecular complexity index is 496. The van der Waals surface area contributed by atoms with Crippen molar-refractivity contribution < 1.29 is 4.79 Å². The van der Waals surface area contributed by atoms with E-state index < -0.39 is 0 Å². The number of nitrogen functional groups attached to an aromatic ring is 1. The van der Waals surface area contributed by atoms with Gasteiger partial charge in [0.05, 0.1) is 6.04 Å². The SMILES string of the molecule is CC(C(=O)NC1CC1)N1CCc2c(N)cccc2C1. The first-order valence-electron chi connectivity index (χ1n) is 7.06. The molecule has 0 spiro atoms. The van der Waals surface area contributed by atoms with Gasteiger partial charge in [-0.3, -0.25) is 9.69 Å². The Morgan fingerprint density at radius 3 is 3.00 bits per heavy atom. The molecule has 3 rings (SSSR count). The van der Waals surface area contributed by atoms with Crippen molar-refractivity contribution in [2.45, 2.75) is 44.8 Å². The molecule has 0 aromatic heterocycles. The summed E-state index contributed by atoms with van der Waals surface area (Å²) in [5, 5.41) is 3.08. The third-order valence-corrected chi connectivity index (χ3v) is 4.18. The van der Waals surface area contributed by atoms with Gasteiger partial charge in [0.15, 0.2) is 0 Å². The van der Waals surface area contributed by atoms with Crippen molar-refractivity contribution >= 4 is 11.6 Å². The van der Waals surface area contributed by atoms with E-state index in [0.717, 1.165) is 38.0 Å². The minimum atomic E-state index is -0.0600. The summed E-state index contributed by atoms with van der Waals surface area (Å²) in [4.78, 5) is 14.3. The van der Waals surface area contributed by atoms with Crippen molar-refractivity contribution in [3.05, 3.63) is 29.3 Å². The maximum atomic E-state index is 12.1. The molecule has 1 amide bonds. The van der Waals surface area contributed by atoms with Gasteiger partial charge in [0, 0.05) is 24.8 Å². The Hall–Kier alpha value is -1.55. The maximum Gasteiger partial charge on any atom is 0.237 e. The van der Waals surface area contributed by atoms with E-state index in [4.69, 9.17) is 5.73 Å². The smallest absolute Gasteiger partial charge is 0.237 e. The Labute approximate surface area is 114 Å². The molecule has 1 aromatic carbocycles. The number of fused-ring (bicyclic) bond motifs is 1. The van der Waals surface area contributed by atoms with E-state index in [1.165, 1.54) is 11.1 Å². The molecule has 1 saturated carbocycles. The van der Waals surface area contributed by atoms with E-state index >= 15 is 0 Å². The molecule has 1 aromatic rings. The normalized spacial score (nSPS) is 20.7. The van der Waals surface area contributed by atoms with Gasteiger partial charge in [-0.25, -0.2) is 0 Å². The van der Waals surface area contributed by atoms with Crippen molar-refractivity contribution in [1.82, 2.24) is 10.2 Å². The van der Waals surface area contributed by atoms with Gasteiger partial charge in [-0.15, -0.1) is 0 Å². The first-order valence-corrected chi connectivity index (χ1v) is 7.06. The molecule has 1 aliphatic heterocycles. The fourth-order valence-electron chi connectivity index (χ4n) is 2.71. The molecule has 3 N–H and O–H groups in total. The average molecular weight is 259 g/mol. The number of nitrogens with zero attached hydrogens (tertiary/aromatic N) is 1. The first kappa shape index (κ1) is 12.5. The second-order valence-electron chi connectivity index (χ2n) is 5.66. The van der Waals surface area contributed by atoms with Crippen LogP contribution in [0.3, 0.4) is 0 Å². The summed E-state index contributed by atoms with van der Waals surface area (Å²) in [6.07, 6.45) is 3.21. The van der Waals surface area contributed by atoms with Gasteiger partial charge in [0.2, 0.25) is 5.91 Å². The molecule has 0 radical (unpaired) electrons. The van der Waals surface area contributed by atoms with Crippen LogP contribution >= 0.6 is 0 Å². The lowest BCUT2D eigenvalue weighted by Crippen LogP contribution is -2.47. The van der Waals surface area contributed by atoms with Crippen LogP contribution < -0.4 is 11.1 Å². The van der Waals surface area contributed by atoms with Crippen LogP contribution in [0.5, 0.6) is 0 Å². The van der Waals surface area contributed by atoms with Gasteiger partial charge in [0.1, 0.15) is 0 Å². The standard InChI is InChI=1S/C15H21N3O/c1-10(15(19)17-12-5-6-12)18-8-7-13-11(9-18)3-2-4-14(13)16/h2-4,10,12H,5-9,16H2,1H3,(H,17,19). The van der Waals surface area contributed by atoms with Crippen LogP contribution in [0.15, 0.2) is 18.2 Å². The highest BCUT2D eigenvalue weighted by atomic mass is 16.2. The van der Waals surface area contributed by atoms with E-state index in [0.29, 0.717) is 6.04 Å². The number of carbonyl (C=O) groups excluding carboxylic acids is 1. The van der Waals surface area contributed by atoms with E-state index in [1.807, 2.05) is 19.1 Å². The van der Waals surface area contributed by atoms with Crippen molar-refractivity contribution in [3.8, 4) is 0 Å². The van der Waals surface area contributed by atoms with E-state index in [1.54, 1.807) is 0 Å². The predicted octanol–water partition coefficient (Wildman–Crippen LogP) is 1.29. The lowest BCUT2D eigenvalue weighted by molar-refractivity contribution is -0.126. The minimum Gasteiger partial charge on any atom is -0.398 e. The molecule has 1 atom stereocenters.